The summed E-state index contributed by atoms with van der Waals surface area (Å²) in [6, 6.07) is 6.79. The van der Waals surface area contributed by atoms with E-state index in [2.05, 4.69) is 22.0 Å². The predicted molar refractivity (Wildman–Crippen MR) is 135 cm³/mol. The number of carbonyl (C=O) groups excluding carboxylic acids is 1. The fourth-order valence-electron chi connectivity index (χ4n) is 4.14. The fourth-order valence-corrected chi connectivity index (χ4v) is 4.14. The molecular weight excluding hydrogens is 508 g/mol. The number of benzene rings is 1. The monoisotopic (exact) mass is 545 g/mol. The summed E-state index contributed by atoms with van der Waals surface area (Å²) in [5.74, 6) is 1.04. The summed E-state index contributed by atoms with van der Waals surface area (Å²) in [4.78, 5) is 23.9. The van der Waals surface area contributed by atoms with Crippen LogP contribution in [0.25, 0.3) is 0 Å². The lowest BCUT2D eigenvalue weighted by Crippen LogP contribution is -2.54. The van der Waals surface area contributed by atoms with Crippen molar-refractivity contribution in [2.24, 2.45) is 4.99 Å². The molecule has 174 valence electrons. The molecule has 2 aliphatic heterocycles. The van der Waals surface area contributed by atoms with E-state index in [-0.39, 0.29) is 35.7 Å². The summed E-state index contributed by atoms with van der Waals surface area (Å²) in [5, 5.41) is 3.39. The zero-order chi connectivity index (χ0) is 21.2. The van der Waals surface area contributed by atoms with Crippen LogP contribution in [0.15, 0.2) is 29.3 Å². The highest BCUT2D eigenvalue weighted by Crippen LogP contribution is 2.11. The van der Waals surface area contributed by atoms with Gasteiger partial charge in [-0.05, 0) is 56.7 Å². The second-order valence-corrected chi connectivity index (χ2v) is 8.17. The van der Waals surface area contributed by atoms with E-state index < -0.39 is 0 Å². The molecule has 8 heteroatoms. The van der Waals surface area contributed by atoms with Crippen LogP contribution < -0.4 is 5.32 Å². The van der Waals surface area contributed by atoms with E-state index in [9.17, 15) is 9.18 Å². The van der Waals surface area contributed by atoms with Crippen LogP contribution in [0.4, 0.5) is 4.39 Å². The lowest BCUT2D eigenvalue weighted by Gasteiger charge is -2.37. The van der Waals surface area contributed by atoms with Gasteiger partial charge < -0.3 is 15.1 Å². The van der Waals surface area contributed by atoms with Gasteiger partial charge in [-0.1, -0.05) is 12.1 Å². The molecular formula is C23H37FIN5O. The van der Waals surface area contributed by atoms with Gasteiger partial charge in [-0.2, -0.15) is 0 Å². The number of hydrogen-bond acceptors (Lipinski definition) is 3. The molecule has 2 aliphatic rings. The van der Waals surface area contributed by atoms with E-state index in [1.54, 1.807) is 12.1 Å². The Bertz CT molecular complexity index is 703. The van der Waals surface area contributed by atoms with Crippen LogP contribution in [0.2, 0.25) is 0 Å². The lowest BCUT2D eigenvalue weighted by atomic mass is 10.1. The number of amides is 1. The maximum Gasteiger partial charge on any atom is 0.236 e. The van der Waals surface area contributed by atoms with E-state index in [1.807, 2.05) is 11.0 Å². The largest absolute Gasteiger partial charge is 0.357 e. The molecule has 0 saturated carbocycles. The van der Waals surface area contributed by atoms with Crippen molar-refractivity contribution in [1.82, 2.24) is 20.0 Å². The number of guanidine groups is 1. The number of piperazine rings is 1. The van der Waals surface area contributed by atoms with Gasteiger partial charge in [-0.3, -0.25) is 14.7 Å². The minimum atomic E-state index is -0.180. The Labute approximate surface area is 203 Å². The van der Waals surface area contributed by atoms with Crippen LogP contribution in [-0.4, -0.2) is 85.5 Å². The van der Waals surface area contributed by atoms with Crippen molar-refractivity contribution in [1.29, 1.82) is 0 Å². The summed E-state index contributed by atoms with van der Waals surface area (Å²) in [7, 11) is 0. The molecule has 0 bridgehead atoms. The third kappa shape index (κ3) is 8.56. The number of nitrogens with zero attached hydrogens (tertiary/aromatic N) is 4. The Morgan fingerprint density at radius 1 is 1.06 bits per heavy atom. The summed E-state index contributed by atoms with van der Waals surface area (Å²) in [6.45, 7) is 9.53. The topological polar surface area (TPSA) is 51.2 Å². The van der Waals surface area contributed by atoms with Gasteiger partial charge in [0.2, 0.25) is 5.91 Å². The van der Waals surface area contributed by atoms with Gasteiger partial charge >= 0.3 is 0 Å². The van der Waals surface area contributed by atoms with Crippen LogP contribution in [0.5, 0.6) is 0 Å². The molecule has 31 heavy (non-hydrogen) atoms. The van der Waals surface area contributed by atoms with Crippen molar-refractivity contribution in [2.75, 3.05) is 58.9 Å². The van der Waals surface area contributed by atoms with E-state index in [1.165, 1.54) is 12.5 Å². The number of carbonyl (C=O) groups is 1. The van der Waals surface area contributed by atoms with Gasteiger partial charge in [-0.25, -0.2) is 4.39 Å². The number of hydrogen-bond donors (Lipinski definition) is 1. The van der Waals surface area contributed by atoms with E-state index in [4.69, 9.17) is 4.99 Å². The van der Waals surface area contributed by atoms with Crippen molar-refractivity contribution in [3.63, 3.8) is 0 Å². The molecule has 2 fully saturated rings. The summed E-state index contributed by atoms with van der Waals surface area (Å²) in [6.07, 6.45) is 5.25. The van der Waals surface area contributed by atoms with Gasteiger partial charge in [0.25, 0.3) is 0 Å². The average molecular weight is 545 g/mol. The number of aryl methyl sites for hydroxylation is 1. The Kier molecular flexibility index (Phi) is 11.6. The SMILES string of the molecule is CCNC(=NCCCc1cccc(F)c1)N1CCN(CC(=O)N2CCCCC2)CC1.I. The van der Waals surface area contributed by atoms with E-state index in [0.29, 0.717) is 13.1 Å². The number of aliphatic imine (C=N–C) groups is 1. The predicted octanol–water partition coefficient (Wildman–Crippen LogP) is 2.97. The molecule has 2 saturated heterocycles. The minimum absolute atomic E-state index is 0. The fraction of sp³-hybridized carbons (Fsp3) is 0.652. The Hall–Kier alpha value is -1.42. The first-order valence-corrected chi connectivity index (χ1v) is 11.4. The van der Waals surface area contributed by atoms with Crippen LogP contribution in [-0.2, 0) is 11.2 Å². The second-order valence-electron chi connectivity index (χ2n) is 8.17. The number of piperidine rings is 1. The Morgan fingerprint density at radius 3 is 2.48 bits per heavy atom. The van der Waals surface area contributed by atoms with Crippen molar-refractivity contribution in [2.45, 2.75) is 39.0 Å². The number of rotatable bonds is 7. The van der Waals surface area contributed by atoms with Crippen LogP contribution in [0.1, 0.15) is 38.2 Å². The summed E-state index contributed by atoms with van der Waals surface area (Å²) < 4.78 is 13.3. The molecule has 0 atom stereocenters. The van der Waals surface area contributed by atoms with Crippen molar-refractivity contribution < 1.29 is 9.18 Å². The zero-order valence-corrected chi connectivity index (χ0v) is 21.0. The van der Waals surface area contributed by atoms with Crippen LogP contribution >= 0.6 is 24.0 Å². The molecule has 0 spiro atoms. The quantitative estimate of drug-likeness (QED) is 0.248. The molecule has 6 nitrogen and oxygen atoms in total. The molecule has 0 aromatic heterocycles. The molecule has 0 radical (unpaired) electrons. The maximum atomic E-state index is 13.3. The maximum absolute atomic E-state index is 13.3. The first-order chi connectivity index (χ1) is 14.7. The van der Waals surface area contributed by atoms with E-state index >= 15 is 0 Å². The minimum Gasteiger partial charge on any atom is -0.357 e. The lowest BCUT2D eigenvalue weighted by molar-refractivity contribution is -0.133. The van der Waals surface area contributed by atoms with Crippen molar-refractivity contribution in [3.05, 3.63) is 35.6 Å². The molecule has 0 unspecified atom stereocenters. The average Bonchev–Trinajstić information content (AvgIpc) is 2.77. The smallest absolute Gasteiger partial charge is 0.236 e. The van der Waals surface area contributed by atoms with Gasteiger partial charge in [0.1, 0.15) is 5.82 Å². The van der Waals surface area contributed by atoms with E-state index in [0.717, 1.165) is 83.0 Å². The number of likely N-dealkylation sites (tertiary alicyclic amines) is 1. The molecule has 3 rings (SSSR count). The van der Waals surface area contributed by atoms with Crippen molar-refractivity contribution >= 4 is 35.8 Å². The van der Waals surface area contributed by atoms with Gasteiger partial charge in [0.15, 0.2) is 5.96 Å². The van der Waals surface area contributed by atoms with Crippen molar-refractivity contribution in [3.8, 4) is 0 Å². The molecule has 1 aromatic carbocycles. The molecule has 1 N–H and O–H groups in total. The van der Waals surface area contributed by atoms with Crippen LogP contribution in [0, 0.1) is 5.82 Å². The summed E-state index contributed by atoms with van der Waals surface area (Å²) >= 11 is 0. The highest BCUT2D eigenvalue weighted by atomic mass is 127. The van der Waals surface area contributed by atoms with Gasteiger partial charge in [0.05, 0.1) is 6.54 Å². The normalized spacial score (nSPS) is 17.9. The highest BCUT2D eigenvalue weighted by molar-refractivity contribution is 14.0. The molecule has 2 heterocycles. The first kappa shape index (κ1) is 25.8. The number of nitrogens with one attached hydrogen (secondary N) is 1. The third-order valence-electron chi connectivity index (χ3n) is 5.85. The first-order valence-electron chi connectivity index (χ1n) is 11.4. The Balaban J connectivity index is 0.00000341. The van der Waals surface area contributed by atoms with Gasteiger partial charge in [-0.15, -0.1) is 24.0 Å². The zero-order valence-electron chi connectivity index (χ0n) is 18.7. The molecule has 1 aromatic rings. The van der Waals surface area contributed by atoms with Gasteiger partial charge in [0, 0.05) is 52.4 Å². The number of halogens is 2. The second kappa shape index (κ2) is 13.9. The third-order valence-corrected chi connectivity index (χ3v) is 5.85. The standard InChI is InChI=1S/C23H36FN5O.HI/c1-2-25-23(26-11-7-9-20-8-6-10-21(24)18-20)29-16-14-27(15-17-29)19-22(30)28-12-4-3-5-13-28;/h6,8,10,18H,2-5,7,9,11-17,19H2,1H3,(H,25,26);1H. The molecule has 1 amide bonds. The highest BCUT2D eigenvalue weighted by Gasteiger charge is 2.24. The summed E-state index contributed by atoms with van der Waals surface area (Å²) in [5.41, 5.74) is 1.02. The molecule has 0 aliphatic carbocycles. The van der Waals surface area contributed by atoms with Crippen LogP contribution in [0.3, 0.4) is 0 Å². The Morgan fingerprint density at radius 2 is 1.81 bits per heavy atom.